The summed E-state index contributed by atoms with van der Waals surface area (Å²) in [4.78, 5) is 12.0. The largest absolute Gasteiger partial charge is 0.312 e. The number of halogens is 1. The zero-order valence-electron chi connectivity index (χ0n) is 10.4. The van der Waals surface area contributed by atoms with E-state index in [1.165, 1.54) is 3.57 Å². The minimum Gasteiger partial charge on any atom is -0.312 e. The molecule has 0 saturated heterocycles. The lowest BCUT2D eigenvalue weighted by Gasteiger charge is -2.17. The van der Waals surface area contributed by atoms with E-state index in [4.69, 9.17) is 0 Å². The first-order valence-corrected chi connectivity index (χ1v) is 7.35. The molecule has 4 nitrogen and oxygen atoms in total. The van der Waals surface area contributed by atoms with Gasteiger partial charge in [-0.15, -0.1) is 0 Å². The maximum atomic E-state index is 12.0. The topological polar surface area (TPSA) is 46.9 Å². The summed E-state index contributed by atoms with van der Waals surface area (Å²) < 4.78 is 2.75. The molecule has 0 fully saturated rings. The second kappa shape index (κ2) is 5.42. The molecular weight excluding hydrogens is 353 g/mol. The highest BCUT2D eigenvalue weighted by Crippen LogP contribution is 2.10. The maximum absolute atomic E-state index is 12.0. The van der Waals surface area contributed by atoms with Crippen LogP contribution in [0.5, 0.6) is 0 Å². The van der Waals surface area contributed by atoms with Crippen molar-refractivity contribution >= 4 is 22.6 Å². The molecule has 2 aromatic rings. The molecule has 0 saturated carbocycles. The highest BCUT2D eigenvalue weighted by Gasteiger charge is 2.12. The van der Waals surface area contributed by atoms with Crippen molar-refractivity contribution in [3.05, 3.63) is 61.1 Å². The van der Waals surface area contributed by atoms with Gasteiger partial charge < -0.3 is 5.32 Å². The lowest BCUT2D eigenvalue weighted by Crippen LogP contribution is -2.31. The minimum atomic E-state index is -0.0269. The van der Waals surface area contributed by atoms with E-state index >= 15 is 0 Å². The van der Waals surface area contributed by atoms with E-state index in [-0.39, 0.29) is 5.56 Å². The SMILES string of the molecule is O=c1cc2c(nn1Cc1ccc(I)cc1)CCNC2. The number of rotatable bonds is 2. The monoisotopic (exact) mass is 367 g/mol. The molecule has 0 spiro atoms. The van der Waals surface area contributed by atoms with E-state index in [0.29, 0.717) is 6.54 Å². The molecule has 1 aliphatic rings. The van der Waals surface area contributed by atoms with Gasteiger partial charge in [-0.2, -0.15) is 5.10 Å². The lowest BCUT2D eigenvalue weighted by molar-refractivity contribution is 0.562. The van der Waals surface area contributed by atoms with Gasteiger partial charge in [0.2, 0.25) is 0 Å². The number of fused-ring (bicyclic) bond motifs is 1. The van der Waals surface area contributed by atoms with Gasteiger partial charge in [0.1, 0.15) is 0 Å². The van der Waals surface area contributed by atoms with Gasteiger partial charge in [-0.25, -0.2) is 4.68 Å². The fourth-order valence-electron chi connectivity index (χ4n) is 2.24. The van der Waals surface area contributed by atoms with Gasteiger partial charge >= 0.3 is 0 Å². The summed E-state index contributed by atoms with van der Waals surface area (Å²) in [6.07, 6.45) is 0.891. The van der Waals surface area contributed by atoms with Crippen molar-refractivity contribution < 1.29 is 0 Å². The van der Waals surface area contributed by atoms with Crippen LogP contribution in [0.15, 0.2) is 35.1 Å². The molecule has 5 heteroatoms. The first-order chi connectivity index (χ1) is 9.22. The van der Waals surface area contributed by atoms with Gasteiger partial charge in [0.05, 0.1) is 12.2 Å². The van der Waals surface area contributed by atoms with Crippen LogP contribution in [0.2, 0.25) is 0 Å². The summed E-state index contributed by atoms with van der Waals surface area (Å²) in [5.41, 5.74) is 3.16. The summed E-state index contributed by atoms with van der Waals surface area (Å²) in [5, 5.41) is 7.75. The number of nitrogens with one attached hydrogen (secondary N) is 1. The number of aromatic nitrogens is 2. The van der Waals surface area contributed by atoms with E-state index in [1.54, 1.807) is 10.7 Å². The van der Waals surface area contributed by atoms with E-state index in [2.05, 4.69) is 33.0 Å². The standard InChI is InChI=1S/C14H14IN3O/c15-12-3-1-10(2-4-12)9-18-14(19)7-11-8-16-6-5-13(11)17-18/h1-4,7,16H,5-6,8-9H2. The molecule has 19 heavy (non-hydrogen) atoms. The van der Waals surface area contributed by atoms with Crippen LogP contribution in [-0.2, 0) is 19.5 Å². The van der Waals surface area contributed by atoms with Gasteiger partial charge in [0, 0.05) is 29.1 Å². The van der Waals surface area contributed by atoms with Crippen LogP contribution in [0.25, 0.3) is 0 Å². The first-order valence-electron chi connectivity index (χ1n) is 6.27. The van der Waals surface area contributed by atoms with Crippen LogP contribution in [0.4, 0.5) is 0 Å². The summed E-state index contributed by atoms with van der Waals surface area (Å²) in [6.45, 7) is 2.22. The third kappa shape index (κ3) is 2.87. The fourth-order valence-corrected chi connectivity index (χ4v) is 2.60. The van der Waals surface area contributed by atoms with Crippen molar-refractivity contribution in [2.24, 2.45) is 0 Å². The quantitative estimate of drug-likeness (QED) is 0.820. The Morgan fingerprint density at radius 3 is 2.89 bits per heavy atom. The molecule has 98 valence electrons. The van der Waals surface area contributed by atoms with Crippen LogP contribution in [0, 0.1) is 3.57 Å². The Morgan fingerprint density at radius 1 is 1.32 bits per heavy atom. The Hall–Kier alpha value is -1.21. The molecule has 1 aromatic heterocycles. The molecule has 3 rings (SSSR count). The molecule has 2 heterocycles. The Labute approximate surface area is 125 Å². The number of hydrogen-bond donors (Lipinski definition) is 1. The lowest BCUT2D eigenvalue weighted by atomic mass is 10.1. The van der Waals surface area contributed by atoms with E-state index in [0.717, 1.165) is 36.3 Å². The first kappa shape index (κ1) is 12.8. The van der Waals surface area contributed by atoms with Crippen molar-refractivity contribution in [1.29, 1.82) is 0 Å². The molecule has 0 unspecified atom stereocenters. The number of benzene rings is 1. The van der Waals surface area contributed by atoms with Crippen molar-refractivity contribution in [2.45, 2.75) is 19.5 Å². The molecule has 0 atom stereocenters. The van der Waals surface area contributed by atoms with Gasteiger partial charge in [-0.1, -0.05) is 12.1 Å². The molecule has 0 amide bonds. The van der Waals surface area contributed by atoms with Gasteiger partial charge in [-0.3, -0.25) is 4.79 Å². The summed E-state index contributed by atoms with van der Waals surface area (Å²) in [6, 6.07) is 9.88. The minimum absolute atomic E-state index is 0.0269. The second-order valence-electron chi connectivity index (χ2n) is 4.67. The highest BCUT2D eigenvalue weighted by molar-refractivity contribution is 14.1. The summed E-state index contributed by atoms with van der Waals surface area (Å²) in [7, 11) is 0. The molecule has 0 aliphatic carbocycles. The third-order valence-corrected chi connectivity index (χ3v) is 3.98. The molecule has 1 aliphatic heterocycles. The summed E-state index contributed by atoms with van der Waals surface area (Å²) >= 11 is 2.27. The molecule has 1 N–H and O–H groups in total. The second-order valence-corrected chi connectivity index (χ2v) is 5.91. The van der Waals surface area contributed by atoms with E-state index in [1.807, 2.05) is 24.3 Å². The number of hydrogen-bond acceptors (Lipinski definition) is 3. The number of nitrogens with zero attached hydrogens (tertiary/aromatic N) is 2. The Bertz CT molecular complexity index is 649. The van der Waals surface area contributed by atoms with Crippen LogP contribution in [0.3, 0.4) is 0 Å². The average Bonchev–Trinajstić information content (AvgIpc) is 2.42. The van der Waals surface area contributed by atoms with Crippen LogP contribution in [0.1, 0.15) is 16.8 Å². The van der Waals surface area contributed by atoms with Gasteiger partial charge in [-0.05, 0) is 45.9 Å². The third-order valence-electron chi connectivity index (χ3n) is 3.26. The Balaban J connectivity index is 1.92. The smallest absolute Gasteiger partial charge is 0.267 e. The zero-order chi connectivity index (χ0) is 13.2. The van der Waals surface area contributed by atoms with Crippen LogP contribution in [-0.4, -0.2) is 16.3 Å². The highest BCUT2D eigenvalue weighted by atomic mass is 127. The molecule has 1 aromatic carbocycles. The normalized spacial score (nSPS) is 14.2. The molecule has 0 radical (unpaired) electrons. The van der Waals surface area contributed by atoms with Gasteiger partial charge in [0.25, 0.3) is 5.56 Å². The maximum Gasteiger partial charge on any atom is 0.267 e. The predicted octanol–water partition coefficient (Wildman–Crippen LogP) is 1.54. The van der Waals surface area contributed by atoms with E-state index < -0.39 is 0 Å². The zero-order valence-corrected chi connectivity index (χ0v) is 12.6. The average molecular weight is 367 g/mol. The van der Waals surface area contributed by atoms with Gasteiger partial charge in [0.15, 0.2) is 0 Å². The Kier molecular flexibility index (Phi) is 3.65. The van der Waals surface area contributed by atoms with Crippen LogP contribution >= 0.6 is 22.6 Å². The van der Waals surface area contributed by atoms with Crippen molar-refractivity contribution in [3.8, 4) is 0 Å². The fraction of sp³-hybridized carbons (Fsp3) is 0.286. The van der Waals surface area contributed by atoms with Crippen molar-refractivity contribution in [2.75, 3.05) is 6.54 Å². The summed E-state index contributed by atoms with van der Waals surface area (Å²) in [5.74, 6) is 0. The molecular formula is C14H14IN3O. The van der Waals surface area contributed by atoms with Crippen LogP contribution < -0.4 is 10.9 Å². The van der Waals surface area contributed by atoms with E-state index in [9.17, 15) is 4.79 Å². The molecule has 0 bridgehead atoms. The predicted molar refractivity (Wildman–Crippen MR) is 82.2 cm³/mol. The van der Waals surface area contributed by atoms with Crippen molar-refractivity contribution in [1.82, 2.24) is 15.1 Å². The van der Waals surface area contributed by atoms with Crippen molar-refractivity contribution in [3.63, 3.8) is 0 Å². The Morgan fingerprint density at radius 2 is 2.11 bits per heavy atom.